The van der Waals surface area contributed by atoms with Gasteiger partial charge in [0.15, 0.2) is 0 Å². The molecule has 0 saturated heterocycles. The van der Waals surface area contributed by atoms with E-state index in [1.54, 1.807) is 38.2 Å². The number of aromatic nitrogens is 2. The summed E-state index contributed by atoms with van der Waals surface area (Å²) in [6.45, 7) is 2.45. The summed E-state index contributed by atoms with van der Waals surface area (Å²) >= 11 is 0. The molecule has 0 saturated carbocycles. The zero-order valence-electron chi connectivity index (χ0n) is 17.9. The molecule has 9 heteroatoms. The minimum absolute atomic E-state index is 0.0945. The summed E-state index contributed by atoms with van der Waals surface area (Å²) in [7, 11) is 1.60. The van der Waals surface area contributed by atoms with Gasteiger partial charge in [-0.3, -0.25) is 14.5 Å². The van der Waals surface area contributed by atoms with Crippen LogP contribution in [0.25, 0.3) is 0 Å². The van der Waals surface area contributed by atoms with Gasteiger partial charge in [0.1, 0.15) is 18.1 Å². The van der Waals surface area contributed by atoms with Gasteiger partial charge in [0.25, 0.3) is 11.5 Å². The lowest BCUT2D eigenvalue weighted by Gasteiger charge is -2.17. The summed E-state index contributed by atoms with van der Waals surface area (Å²) < 4.78 is 11.7. The maximum Gasteiger partial charge on any atom is 0.413 e. The molecule has 0 atom stereocenters. The Morgan fingerprint density at radius 3 is 2.44 bits per heavy atom. The molecule has 0 radical (unpaired) electrons. The molecular formula is C23H24N4O5. The average molecular weight is 436 g/mol. The third-order valence-electron chi connectivity index (χ3n) is 4.47. The lowest BCUT2D eigenvalue weighted by atomic mass is 10.2. The smallest absolute Gasteiger partial charge is 0.413 e. The van der Waals surface area contributed by atoms with Crippen molar-refractivity contribution in [1.82, 2.24) is 9.78 Å². The van der Waals surface area contributed by atoms with Crippen molar-refractivity contribution < 1.29 is 19.1 Å². The van der Waals surface area contributed by atoms with Crippen LogP contribution in [0, 0.1) is 0 Å². The number of para-hydroxylation sites is 1. The summed E-state index contributed by atoms with van der Waals surface area (Å²) in [6, 6.07) is 18.6. The van der Waals surface area contributed by atoms with Crippen LogP contribution >= 0.6 is 0 Å². The van der Waals surface area contributed by atoms with E-state index in [4.69, 9.17) is 9.47 Å². The molecule has 0 bridgehead atoms. The maximum absolute atomic E-state index is 12.6. The first-order valence-electron chi connectivity index (χ1n) is 10.1. The molecule has 0 spiro atoms. The van der Waals surface area contributed by atoms with Crippen LogP contribution in [-0.2, 0) is 11.3 Å². The van der Waals surface area contributed by atoms with Crippen molar-refractivity contribution in [3.05, 3.63) is 82.8 Å². The molecule has 2 amide bonds. The van der Waals surface area contributed by atoms with Gasteiger partial charge in [-0.25, -0.2) is 9.48 Å². The van der Waals surface area contributed by atoms with Crippen molar-refractivity contribution in [2.24, 2.45) is 0 Å². The van der Waals surface area contributed by atoms with Crippen LogP contribution < -0.4 is 20.5 Å². The molecule has 1 heterocycles. The molecule has 0 aliphatic rings. The Balaban J connectivity index is 1.61. The van der Waals surface area contributed by atoms with Gasteiger partial charge in [0.2, 0.25) is 0 Å². The summed E-state index contributed by atoms with van der Waals surface area (Å²) in [5, 5.41) is 6.86. The highest BCUT2D eigenvalue weighted by Gasteiger charge is 2.13. The summed E-state index contributed by atoms with van der Waals surface area (Å²) in [4.78, 5) is 37.8. The number of carbonyl (C=O) groups excluding carboxylic acids is 2. The van der Waals surface area contributed by atoms with Crippen LogP contribution in [0.5, 0.6) is 5.75 Å². The highest BCUT2D eigenvalue weighted by atomic mass is 16.6. The monoisotopic (exact) mass is 436 g/mol. The average Bonchev–Trinajstić information content (AvgIpc) is 2.81. The lowest BCUT2D eigenvalue weighted by molar-refractivity contribution is 0.101. The van der Waals surface area contributed by atoms with E-state index in [0.717, 1.165) is 0 Å². The van der Waals surface area contributed by atoms with Crippen LogP contribution in [-0.4, -0.2) is 42.0 Å². The molecule has 1 aromatic heterocycles. The quantitative estimate of drug-likeness (QED) is 0.582. The molecule has 0 unspecified atom stereocenters. The number of ether oxygens (including phenoxy) is 2. The number of amides is 2. The van der Waals surface area contributed by atoms with Crippen molar-refractivity contribution in [2.45, 2.75) is 13.5 Å². The van der Waals surface area contributed by atoms with Crippen LogP contribution in [0.15, 0.2) is 71.5 Å². The fraction of sp³-hybridized carbons (Fsp3) is 0.217. The fourth-order valence-electron chi connectivity index (χ4n) is 2.79. The number of anilines is 2. The molecule has 32 heavy (non-hydrogen) atoms. The van der Waals surface area contributed by atoms with Crippen LogP contribution in [0.3, 0.4) is 0 Å². The van der Waals surface area contributed by atoms with E-state index in [1.807, 2.05) is 30.3 Å². The second-order valence-electron chi connectivity index (χ2n) is 6.70. The first-order chi connectivity index (χ1) is 15.5. The fourth-order valence-corrected chi connectivity index (χ4v) is 2.79. The molecule has 166 valence electrons. The molecule has 1 N–H and O–H groups in total. The van der Waals surface area contributed by atoms with E-state index in [0.29, 0.717) is 17.1 Å². The van der Waals surface area contributed by atoms with E-state index in [1.165, 1.54) is 21.7 Å². The molecule has 0 aliphatic carbocycles. The van der Waals surface area contributed by atoms with E-state index in [2.05, 4.69) is 10.4 Å². The Kier molecular flexibility index (Phi) is 7.58. The Bertz CT molecular complexity index is 1110. The molecule has 0 aliphatic heterocycles. The van der Waals surface area contributed by atoms with Gasteiger partial charge < -0.3 is 14.8 Å². The molecule has 3 aromatic rings. The van der Waals surface area contributed by atoms with Crippen molar-refractivity contribution in [3.63, 3.8) is 0 Å². The molecule has 0 fully saturated rings. The number of hydrogen-bond donors (Lipinski definition) is 1. The highest BCUT2D eigenvalue weighted by Crippen LogP contribution is 2.18. The van der Waals surface area contributed by atoms with Crippen molar-refractivity contribution >= 4 is 23.4 Å². The van der Waals surface area contributed by atoms with Gasteiger partial charge in [-0.1, -0.05) is 18.2 Å². The molecule has 3 rings (SSSR count). The summed E-state index contributed by atoms with van der Waals surface area (Å²) in [6.07, 6.45) is -0.466. The van der Waals surface area contributed by atoms with E-state index >= 15 is 0 Å². The van der Waals surface area contributed by atoms with E-state index in [-0.39, 0.29) is 31.0 Å². The van der Waals surface area contributed by atoms with Gasteiger partial charge in [0.05, 0.1) is 13.2 Å². The van der Waals surface area contributed by atoms with Crippen LogP contribution in [0.1, 0.15) is 17.4 Å². The topological polar surface area (TPSA) is 103 Å². The maximum atomic E-state index is 12.6. The van der Waals surface area contributed by atoms with Crippen molar-refractivity contribution in [1.29, 1.82) is 0 Å². The zero-order valence-corrected chi connectivity index (χ0v) is 17.9. The normalized spacial score (nSPS) is 10.3. The van der Waals surface area contributed by atoms with Gasteiger partial charge in [-0.15, -0.1) is 0 Å². The summed E-state index contributed by atoms with van der Waals surface area (Å²) in [5.41, 5.74) is 0.899. The third-order valence-corrected chi connectivity index (χ3v) is 4.47. The van der Waals surface area contributed by atoms with E-state index < -0.39 is 12.0 Å². The van der Waals surface area contributed by atoms with Crippen LogP contribution in [0.4, 0.5) is 16.2 Å². The van der Waals surface area contributed by atoms with E-state index in [9.17, 15) is 14.4 Å². The Morgan fingerprint density at radius 2 is 1.75 bits per heavy atom. The van der Waals surface area contributed by atoms with Gasteiger partial charge in [0, 0.05) is 24.5 Å². The van der Waals surface area contributed by atoms with Gasteiger partial charge >= 0.3 is 6.09 Å². The number of nitrogens with one attached hydrogen (secondary N) is 1. The first-order valence-corrected chi connectivity index (χ1v) is 10.1. The largest absolute Gasteiger partial charge is 0.492 e. The van der Waals surface area contributed by atoms with Crippen molar-refractivity contribution in [3.8, 4) is 5.75 Å². The second kappa shape index (κ2) is 10.8. The summed E-state index contributed by atoms with van der Waals surface area (Å²) in [5.74, 6) is 0.223. The van der Waals surface area contributed by atoms with Crippen molar-refractivity contribution in [2.75, 3.05) is 30.5 Å². The number of hydrogen-bond acceptors (Lipinski definition) is 6. The molecule has 2 aromatic carbocycles. The predicted octanol–water partition coefficient (Wildman–Crippen LogP) is 3.17. The Hall–Kier alpha value is -4.14. The number of rotatable bonds is 8. The standard InChI is InChI=1S/C23H24N4O5/c1-3-31-23(30)26(2)18-11-9-17(10-12-18)24-22(29)20-13-14-21(28)27(25-20)15-16-32-19-7-5-4-6-8-19/h4-14H,3,15-16H2,1-2H3,(H,24,29). The zero-order chi connectivity index (χ0) is 22.9. The minimum Gasteiger partial charge on any atom is -0.492 e. The highest BCUT2D eigenvalue weighted by molar-refractivity contribution is 6.02. The number of benzene rings is 2. The Labute approximate surface area is 185 Å². The van der Waals surface area contributed by atoms with Crippen LogP contribution in [0.2, 0.25) is 0 Å². The molecule has 9 nitrogen and oxygen atoms in total. The number of nitrogens with zero attached hydrogens (tertiary/aromatic N) is 3. The second-order valence-corrected chi connectivity index (χ2v) is 6.70. The Morgan fingerprint density at radius 1 is 1.03 bits per heavy atom. The minimum atomic E-state index is -0.466. The predicted molar refractivity (Wildman–Crippen MR) is 120 cm³/mol. The van der Waals surface area contributed by atoms with Gasteiger partial charge in [-0.2, -0.15) is 5.10 Å². The van der Waals surface area contributed by atoms with Gasteiger partial charge in [-0.05, 0) is 49.4 Å². The lowest BCUT2D eigenvalue weighted by Crippen LogP contribution is -2.28. The SMILES string of the molecule is CCOC(=O)N(C)c1ccc(NC(=O)c2ccc(=O)n(CCOc3ccccc3)n2)cc1. The third kappa shape index (κ3) is 5.94. The first kappa shape index (κ1) is 22.5. The molecular weight excluding hydrogens is 412 g/mol. The number of carbonyl (C=O) groups is 2.